The summed E-state index contributed by atoms with van der Waals surface area (Å²) in [5, 5.41) is 8.92. The predicted molar refractivity (Wildman–Crippen MR) is 117 cm³/mol. The number of nitrogens with one attached hydrogen (secondary N) is 3. The third kappa shape index (κ3) is 8.27. The number of nitrogens with zero attached hydrogens (tertiary/aromatic N) is 1. The smallest absolute Gasteiger partial charge is 0.329 e. The minimum absolute atomic E-state index is 0.161. The highest BCUT2D eigenvalue weighted by molar-refractivity contribution is 6.35. The second-order valence-corrected chi connectivity index (χ2v) is 6.66. The Bertz CT molecular complexity index is 959. The zero-order chi connectivity index (χ0) is 22.6. The number of hydrogen-bond donors (Lipinski definition) is 3. The van der Waals surface area contributed by atoms with Gasteiger partial charge in [-0.3, -0.25) is 14.4 Å². The summed E-state index contributed by atoms with van der Waals surface area (Å²) in [6.45, 7) is 4.35. The lowest BCUT2D eigenvalue weighted by Gasteiger charge is -2.09. The molecule has 3 N–H and O–H groups in total. The van der Waals surface area contributed by atoms with Crippen LogP contribution in [0.3, 0.4) is 0 Å². The fourth-order valence-electron chi connectivity index (χ4n) is 2.41. The van der Waals surface area contributed by atoms with E-state index >= 15 is 0 Å². The summed E-state index contributed by atoms with van der Waals surface area (Å²) in [5.74, 6) is -1.51. The molecule has 0 spiro atoms. The third-order valence-corrected chi connectivity index (χ3v) is 4.20. The molecule has 0 radical (unpaired) electrons. The summed E-state index contributed by atoms with van der Waals surface area (Å²) in [6.07, 6.45) is 1.36. The van der Waals surface area contributed by atoms with Gasteiger partial charge in [0.1, 0.15) is 5.75 Å². The lowest BCUT2D eigenvalue weighted by molar-refractivity contribution is -0.139. The standard InChI is InChI=1S/C22H26N4O5/c1-15-7-8-18(11-16(15)2)25-20(27)14-31-19-6-4-5-17(12-19)13-24-26-22(29)21(28)23-9-10-30-3/h4-8,11-13H,9-10,14H2,1-3H3,(H,23,28)(H,25,27)(H,26,29)/b24-13-. The van der Waals surface area contributed by atoms with Crippen LogP contribution in [0.4, 0.5) is 5.69 Å². The van der Waals surface area contributed by atoms with Crippen LogP contribution >= 0.6 is 0 Å². The number of hydrazone groups is 1. The first-order valence-corrected chi connectivity index (χ1v) is 9.59. The molecular weight excluding hydrogens is 400 g/mol. The molecule has 0 aliphatic rings. The van der Waals surface area contributed by atoms with Gasteiger partial charge in [0, 0.05) is 19.3 Å². The Labute approximate surface area is 180 Å². The Hall–Kier alpha value is -3.72. The van der Waals surface area contributed by atoms with Gasteiger partial charge in [-0.25, -0.2) is 5.43 Å². The molecule has 0 aromatic heterocycles. The summed E-state index contributed by atoms with van der Waals surface area (Å²) in [6, 6.07) is 12.5. The number of methoxy groups -OCH3 is 1. The summed E-state index contributed by atoms with van der Waals surface area (Å²) in [4.78, 5) is 35.3. The average molecular weight is 426 g/mol. The molecule has 9 nitrogen and oxygen atoms in total. The van der Waals surface area contributed by atoms with Crippen LogP contribution < -0.4 is 20.8 Å². The number of carbonyl (C=O) groups is 3. The van der Waals surface area contributed by atoms with E-state index in [1.807, 2.05) is 32.0 Å². The van der Waals surface area contributed by atoms with E-state index in [-0.39, 0.29) is 19.1 Å². The van der Waals surface area contributed by atoms with Gasteiger partial charge in [-0.1, -0.05) is 18.2 Å². The number of hydrogen-bond acceptors (Lipinski definition) is 6. The molecule has 0 heterocycles. The Morgan fingerprint density at radius 1 is 1.03 bits per heavy atom. The first-order chi connectivity index (χ1) is 14.9. The normalized spacial score (nSPS) is 10.5. The fraction of sp³-hybridized carbons (Fsp3) is 0.273. The molecule has 0 aliphatic carbocycles. The summed E-state index contributed by atoms with van der Waals surface area (Å²) < 4.78 is 10.3. The van der Waals surface area contributed by atoms with Crippen molar-refractivity contribution in [1.29, 1.82) is 0 Å². The monoisotopic (exact) mass is 426 g/mol. The lowest BCUT2D eigenvalue weighted by atomic mass is 10.1. The van der Waals surface area contributed by atoms with Crippen molar-refractivity contribution < 1.29 is 23.9 Å². The first-order valence-electron chi connectivity index (χ1n) is 9.59. The van der Waals surface area contributed by atoms with Gasteiger partial charge in [0.25, 0.3) is 5.91 Å². The second kappa shape index (κ2) is 12.1. The molecule has 31 heavy (non-hydrogen) atoms. The molecule has 2 aromatic carbocycles. The van der Waals surface area contributed by atoms with Crippen molar-refractivity contribution in [3.8, 4) is 5.75 Å². The highest BCUT2D eigenvalue weighted by Gasteiger charge is 2.11. The minimum Gasteiger partial charge on any atom is -0.484 e. The Balaban J connectivity index is 1.82. The van der Waals surface area contributed by atoms with Crippen molar-refractivity contribution in [3.63, 3.8) is 0 Å². The van der Waals surface area contributed by atoms with Crippen molar-refractivity contribution in [3.05, 3.63) is 59.2 Å². The van der Waals surface area contributed by atoms with E-state index in [4.69, 9.17) is 9.47 Å². The van der Waals surface area contributed by atoms with E-state index in [1.165, 1.54) is 13.3 Å². The molecule has 0 bridgehead atoms. The van der Waals surface area contributed by atoms with Crippen LogP contribution in [0.1, 0.15) is 16.7 Å². The number of rotatable bonds is 9. The zero-order valence-electron chi connectivity index (χ0n) is 17.7. The second-order valence-electron chi connectivity index (χ2n) is 6.66. The van der Waals surface area contributed by atoms with Gasteiger partial charge in [-0.2, -0.15) is 5.10 Å². The minimum atomic E-state index is -0.886. The Morgan fingerprint density at radius 2 is 1.84 bits per heavy atom. The maximum absolute atomic E-state index is 12.1. The number of anilines is 1. The lowest BCUT2D eigenvalue weighted by Crippen LogP contribution is -2.39. The number of ether oxygens (including phenoxy) is 2. The molecule has 2 aromatic rings. The van der Waals surface area contributed by atoms with Crippen molar-refractivity contribution >= 4 is 29.6 Å². The van der Waals surface area contributed by atoms with Crippen LogP contribution in [0, 0.1) is 13.8 Å². The molecule has 0 saturated carbocycles. The first kappa shape index (κ1) is 23.6. The topological polar surface area (TPSA) is 118 Å². The SMILES string of the molecule is COCCNC(=O)C(=O)N/N=C\c1cccc(OCC(=O)Nc2ccc(C)c(C)c2)c1. The van der Waals surface area contributed by atoms with E-state index in [9.17, 15) is 14.4 Å². The Kier molecular flexibility index (Phi) is 9.18. The summed E-state index contributed by atoms with van der Waals surface area (Å²) >= 11 is 0. The maximum Gasteiger partial charge on any atom is 0.329 e. The largest absolute Gasteiger partial charge is 0.484 e. The summed E-state index contributed by atoms with van der Waals surface area (Å²) in [7, 11) is 1.49. The van der Waals surface area contributed by atoms with Gasteiger partial charge in [0.15, 0.2) is 6.61 Å². The van der Waals surface area contributed by atoms with Crippen LogP contribution in [0.15, 0.2) is 47.6 Å². The number of benzene rings is 2. The van der Waals surface area contributed by atoms with Gasteiger partial charge in [-0.15, -0.1) is 0 Å². The molecule has 164 valence electrons. The van der Waals surface area contributed by atoms with Crippen LogP contribution in [0.5, 0.6) is 5.75 Å². The highest BCUT2D eigenvalue weighted by atomic mass is 16.5. The molecular formula is C22H26N4O5. The average Bonchev–Trinajstić information content (AvgIpc) is 2.75. The number of carbonyl (C=O) groups excluding carboxylic acids is 3. The maximum atomic E-state index is 12.1. The molecule has 0 atom stereocenters. The van der Waals surface area contributed by atoms with E-state index in [1.54, 1.807) is 24.3 Å². The molecule has 0 saturated heterocycles. The van der Waals surface area contributed by atoms with Gasteiger partial charge in [0.2, 0.25) is 0 Å². The molecule has 9 heteroatoms. The number of amides is 3. The van der Waals surface area contributed by atoms with E-state index < -0.39 is 11.8 Å². The molecule has 0 aliphatic heterocycles. The summed E-state index contributed by atoms with van der Waals surface area (Å²) in [5.41, 5.74) is 5.70. The van der Waals surface area contributed by atoms with Gasteiger partial charge < -0.3 is 20.1 Å². The number of aryl methyl sites for hydroxylation is 2. The highest BCUT2D eigenvalue weighted by Crippen LogP contribution is 2.15. The van der Waals surface area contributed by atoms with Crippen molar-refractivity contribution in [2.75, 3.05) is 32.2 Å². The quantitative estimate of drug-likeness (QED) is 0.243. The van der Waals surface area contributed by atoms with E-state index in [0.29, 0.717) is 23.6 Å². The van der Waals surface area contributed by atoms with Crippen molar-refractivity contribution in [2.45, 2.75) is 13.8 Å². The van der Waals surface area contributed by atoms with Crippen LogP contribution in [-0.4, -0.2) is 50.8 Å². The van der Waals surface area contributed by atoms with Crippen LogP contribution in [-0.2, 0) is 19.1 Å². The zero-order valence-corrected chi connectivity index (χ0v) is 17.7. The Morgan fingerprint density at radius 3 is 2.58 bits per heavy atom. The molecule has 0 fully saturated rings. The van der Waals surface area contributed by atoms with Crippen molar-refractivity contribution in [2.24, 2.45) is 5.10 Å². The van der Waals surface area contributed by atoms with Gasteiger partial charge in [0.05, 0.1) is 12.8 Å². The third-order valence-electron chi connectivity index (χ3n) is 4.20. The molecule has 2 rings (SSSR count). The van der Waals surface area contributed by atoms with Crippen LogP contribution in [0.2, 0.25) is 0 Å². The van der Waals surface area contributed by atoms with Crippen molar-refractivity contribution in [1.82, 2.24) is 10.7 Å². The fourth-order valence-corrected chi connectivity index (χ4v) is 2.41. The van der Waals surface area contributed by atoms with Crippen LogP contribution in [0.25, 0.3) is 0 Å². The predicted octanol–water partition coefficient (Wildman–Crippen LogP) is 1.53. The molecule has 3 amide bonds. The van der Waals surface area contributed by atoms with Gasteiger partial charge >= 0.3 is 11.8 Å². The van der Waals surface area contributed by atoms with E-state index in [2.05, 4.69) is 21.2 Å². The van der Waals surface area contributed by atoms with Gasteiger partial charge in [-0.05, 0) is 54.8 Å². The molecule has 0 unspecified atom stereocenters. The van der Waals surface area contributed by atoms with E-state index in [0.717, 1.165) is 11.1 Å².